The molecule has 1 aromatic carbocycles. The molecule has 0 bridgehead atoms. The van der Waals surface area contributed by atoms with Gasteiger partial charge in [-0.05, 0) is 37.3 Å². The number of hydrogen-bond donors (Lipinski definition) is 1. The molecule has 21 heavy (non-hydrogen) atoms. The molecule has 2 aromatic rings. The lowest BCUT2D eigenvalue weighted by Gasteiger charge is -2.10. The van der Waals surface area contributed by atoms with Gasteiger partial charge in [0.25, 0.3) is 0 Å². The third-order valence-electron chi connectivity index (χ3n) is 2.57. The van der Waals surface area contributed by atoms with Gasteiger partial charge in [0.1, 0.15) is 0 Å². The fourth-order valence-corrected chi connectivity index (χ4v) is 2.64. The first-order valence-electron chi connectivity index (χ1n) is 5.70. The summed E-state index contributed by atoms with van der Waals surface area (Å²) in [4.78, 5) is 0.815. The normalized spacial score (nSPS) is 12.6. The van der Waals surface area contributed by atoms with Gasteiger partial charge in [-0.25, -0.2) is 0 Å². The van der Waals surface area contributed by atoms with E-state index in [9.17, 15) is 13.2 Å². The Labute approximate surface area is 133 Å². The highest BCUT2D eigenvalue weighted by Crippen LogP contribution is 2.33. The summed E-state index contributed by atoms with van der Waals surface area (Å²) < 4.78 is 38.5. The van der Waals surface area contributed by atoms with E-state index in [1.165, 1.54) is 17.4 Å². The van der Waals surface area contributed by atoms with Gasteiger partial charge in [-0.2, -0.15) is 18.3 Å². The number of anilines is 1. The average Bonchev–Trinajstić information content (AvgIpc) is 2.83. The van der Waals surface area contributed by atoms with Crippen LogP contribution in [0.3, 0.4) is 0 Å². The van der Waals surface area contributed by atoms with E-state index in [-0.39, 0.29) is 10.7 Å². The van der Waals surface area contributed by atoms with Gasteiger partial charge in [0.2, 0.25) is 0 Å². The van der Waals surface area contributed by atoms with E-state index in [0.717, 1.165) is 17.0 Å². The van der Waals surface area contributed by atoms with Crippen LogP contribution in [0.2, 0.25) is 9.36 Å². The molecule has 0 aliphatic rings. The maximum Gasteiger partial charge on any atom is 0.416 e. The summed E-state index contributed by atoms with van der Waals surface area (Å²) in [7, 11) is 0. The van der Waals surface area contributed by atoms with E-state index >= 15 is 0 Å². The van der Waals surface area contributed by atoms with Crippen LogP contribution in [0.25, 0.3) is 0 Å². The van der Waals surface area contributed by atoms with Crippen LogP contribution in [0.5, 0.6) is 0 Å². The van der Waals surface area contributed by atoms with Crippen molar-refractivity contribution < 1.29 is 13.2 Å². The minimum Gasteiger partial charge on any atom is -0.277 e. The third-order valence-corrected chi connectivity index (χ3v) is 4.24. The van der Waals surface area contributed by atoms with Crippen LogP contribution in [0, 0.1) is 0 Å². The lowest BCUT2D eigenvalue weighted by Crippen LogP contribution is -2.06. The predicted molar refractivity (Wildman–Crippen MR) is 81.6 cm³/mol. The number of alkyl halides is 3. The van der Waals surface area contributed by atoms with Crippen LogP contribution >= 0.6 is 34.5 Å². The average molecular weight is 353 g/mol. The van der Waals surface area contributed by atoms with Gasteiger partial charge in [-0.3, -0.25) is 5.43 Å². The molecule has 0 aliphatic carbocycles. The number of halogens is 5. The topological polar surface area (TPSA) is 24.4 Å². The van der Waals surface area contributed by atoms with Gasteiger partial charge < -0.3 is 0 Å². The van der Waals surface area contributed by atoms with Crippen molar-refractivity contribution in [2.24, 2.45) is 5.10 Å². The Morgan fingerprint density at radius 1 is 1.19 bits per heavy atom. The first-order valence-corrected chi connectivity index (χ1v) is 7.27. The maximum atomic E-state index is 12.6. The van der Waals surface area contributed by atoms with E-state index in [1.54, 1.807) is 19.1 Å². The molecule has 2 nitrogen and oxygen atoms in total. The molecular formula is C13H9Cl2F3N2S. The standard InChI is InChI=1S/C13H9Cl2F3N2S/c1-7(11-4-5-12(15)21-11)19-20-10-6-8(13(16,17)18)2-3-9(10)14/h2-6,20H,1H3/b19-7+. The van der Waals surface area contributed by atoms with Gasteiger partial charge in [0, 0.05) is 0 Å². The second-order valence-electron chi connectivity index (χ2n) is 4.11. The van der Waals surface area contributed by atoms with Gasteiger partial charge in [-0.1, -0.05) is 23.2 Å². The summed E-state index contributed by atoms with van der Waals surface area (Å²) >= 11 is 13.0. The molecule has 1 N–H and O–H groups in total. The SMILES string of the molecule is C/C(=N\Nc1cc(C(F)(F)F)ccc1Cl)c1ccc(Cl)s1. The molecule has 0 amide bonds. The smallest absolute Gasteiger partial charge is 0.277 e. The van der Waals surface area contributed by atoms with E-state index in [0.29, 0.717) is 10.0 Å². The van der Waals surface area contributed by atoms with E-state index in [1.807, 2.05) is 0 Å². The fourth-order valence-electron chi connectivity index (χ4n) is 1.50. The largest absolute Gasteiger partial charge is 0.416 e. The van der Waals surface area contributed by atoms with Crippen LogP contribution in [0.4, 0.5) is 18.9 Å². The molecule has 112 valence electrons. The van der Waals surface area contributed by atoms with Crippen LogP contribution in [-0.2, 0) is 6.18 Å². The Morgan fingerprint density at radius 3 is 2.48 bits per heavy atom. The molecule has 2 rings (SSSR count). The quantitative estimate of drug-likeness (QED) is 0.538. The van der Waals surface area contributed by atoms with Gasteiger partial charge >= 0.3 is 6.18 Å². The van der Waals surface area contributed by atoms with Crippen LogP contribution in [-0.4, -0.2) is 5.71 Å². The van der Waals surface area contributed by atoms with Crippen molar-refractivity contribution in [3.05, 3.63) is 50.1 Å². The van der Waals surface area contributed by atoms with Crippen molar-refractivity contribution in [1.29, 1.82) is 0 Å². The van der Waals surface area contributed by atoms with Gasteiger partial charge in [0.15, 0.2) is 0 Å². The summed E-state index contributed by atoms with van der Waals surface area (Å²) in [5.41, 5.74) is 2.45. The van der Waals surface area contributed by atoms with Crippen molar-refractivity contribution in [2.45, 2.75) is 13.1 Å². The fraction of sp³-hybridized carbons (Fsp3) is 0.154. The van der Waals surface area contributed by atoms with Crippen LogP contribution in [0.1, 0.15) is 17.4 Å². The first kappa shape index (κ1) is 16.1. The summed E-state index contributed by atoms with van der Waals surface area (Å²) in [6.07, 6.45) is -4.43. The third kappa shape index (κ3) is 4.12. The highest BCUT2D eigenvalue weighted by atomic mass is 35.5. The minimum atomic E-state index is -4.43. The van der Waals surface area contributed by atoms with Crippen LogP contribution in [0.15, 0.2) is 35.4 Å². The molecule has 8 heteroatoms. The van der Waals surface area contributed by atoms with Gasteiger partial charge in [0.05, 0.1) is 31.2 Å². The number of hydrazone groups is 1. The molecule has 0 saturated carbocycles. The second kappa shape index (κ2) is 6.25. The zero-order chi connectivity index (χ0) is 15.6. The number of rotatable bonds is 3. The number of benzene rings is 1. The summed E-state index contributed by atoms with van der Waals surface area (Å²) in [6.45, 7) is 1.72. The molecule has 1 heterocycles. The molecule has 0 unspecified atom stereocenters. The Bertz CT molecular complexity index is 680. The minimum absolute atomic E-state index is 0.0912. The predicted octanol–water partition coefficient (Wildman–Crippen LogP) is 5.91. The molecule has 0 fully saturated rings. The zero-order valence-electron chi connectivity index (χ0n) is 10.6. The number of nitrogens with one attached hydrogen (secondary N) is 1. The van der Waals surface area contributed by atoms with Gasteiger partial charge in [-0.15, -0.1) is 11.3 Å². The molecular weight excluding hydrogens is 344 g/mol. The Balaban J connectivity index is 2.23. The summed E-state index contributed by atoms with van der Waals surface area (Å²) in [5, 5.41) is 4.18. The Morgan fingerprint density at radius 2 is 1.90 bits per heavy atom. The lowest BCUT2D eigenvalue weighted by atomic mass is 10.2. The van der Waals surface area contributed by atoms with E-state index < -0.39 is 11.7 Å². The van der Waals surface area contributed by atoms with E-state index in [2.05, 4.69) is 10.5 Å². The monoisotopic (exact) mass is 352 g/mol. The maximum absolute atomic E-state index is 12.6. The number of hydrogen-bond acceptors (Lipinski definition) is 3. The van der Waals surface area contributed by atoms with Crippen molar-refractivity contribution in [3.8, 4) is 0 Å². The molecule has 1 aromatic heterocycles. The molecule has 0 aliphatic heterocycles. The molecule has 0 atom stereocenters. The van der Waals surface area contributed by atoms with Crippen molar-refractivity contribution in [1.82, 2.24) is 0 Å². The van der Waals surface area contributed by atoms with Crippen LogP contribution < -0.4 is 5.43 Å². The molecule has 0 spiro atoms. The Kier molecular flexibility index (Phi) is 4.81. The summed E-state index contributed by atoms with van der Waals surface area (Å²) in [5.74, 6) is 0. The number of nitrogens with zero attached hydrogens (tertiary/aromatic N) is 1. The summed E-state index contributed by atoms with van der Waals surface area (Å²) in [6, 6.07) is 6.52. The highest BCUT2D eigenvalue weighted by Gasteiger charge is 2.30. The Hall–Kier alpha value is -1.24. The zero-order valence-corrected chi connectivity index (χ0v) is 13.0. The second-order valence-corrected chi connectivity index (χ2v) is 6.23. The van der Waals surface area contributed by atoms with Crippen molar-refractivity contribution in [3.63, 3.8) is 0 Å². The first-order chi connectivity index (χ1) is 9.77. The van der Waals surface area contributed by atoms with E-state index in [4.69, 9.17) is 23.2 Å². The lowest BCUT2D eigenvalue weighted by molar-refractivity contribution is -0.137. The molecule has 0 saturated heterocycles. The van der Waals surface area contributed by atoms with Crippen molar-refractivity contribution >= 4 is 45.9 Å². The highest BCUT2D eigenvalue weighted by molar-refractivity contribution is 7.18. The number of thiophene rings is 1. The molecule has 0 radical (unpaired) electrons. The van der Waals surface area contributed by atoms with Crippen molar-refractivity contribution in [2.75, 3.05) is 5.43 Å².